The van der Waals surface area contributed by atoms with E-state index in [4.69, 9.17) is 11.6 Å². The fourth-order valence-electron chi connectivity index (χ4n) is 2.09. The standard InChI is InChI=1S/C19H15ClN2/c20-17-12-9-15(10-13-17)8-11-16-5-1-2-6-18(16)22-19-7-3-4-14-21-19/h1-14H,(H,21,22)/b11-8+. The minimum Gasteiger partial charge on any atom is -0.340 e. The zero-order valence-electron chi connectivity index (χ0n) is 11.9. The smallest absolute Gasteiger partial charge is 0.130 e. The maximum Gasteiger partial charge on any atom is 0.130 e. The molecule has 0 aliphatic carbocycles. The number of hydrogen-bond acceptors (Lipinski definition) is 2. The van der Waals surface area contributed by atoms with Gasteiger partial charge in [0.15, 0.2) is 0 Å². The van der Waals surface area contributed by atoms with E-state index in [-0.39, 0.29) is 0 Å². The van der Waals surface area contributed by atoms with E-state index in [0.29, 0.717) is 0 Å². The normalized spacial score (nSPS) is 10.8. The van der Waals surface area contributed by atoms with E-state index in [1.165, 1.54) is 0 Å². The molecule has 3 rings (SSSR count). The summed E-state index contributed by atoms with van der Waals surface area (Å²) in [6.07, 6.45) is 5.91. The van der Waals surface area contributed by atoms with E-state index in [1.807, 2.05) is 60.7 Å². The van der Waals surface area contributed by atoms with Gasteiger partial charge in [-0.05, 0) is 41.5 Å². The fraction of sp³-hybridized carbons (Fsp3) is 0. The molecule has 0 unspecified atom stereocenters. The van der Waals surface area contributed by atoms with Crippen LogP contribution in [-0.2, 0) is 0 Å². The van der Waals surface area contributed by atoms with Crippen LogP contribution in [0.4, 0.5) is 11.5 Å². The molecule has 1 heterocycles. The summed E-state index contributed by atoms with van der Waals surface area (Å²) in [6.45, 7) is 0. The molecule has 3 aromatic rings. The van der Waals surface area contributed by atoms with Crippen molar-refractivity contribution in [1.29, 1.82) is 0 Å². The van der Waals surface area contributed by atoms with Gasteiger partial charge in [0.2, 0.25) is 0 Å². The topological polar surface area (TPSA) is 24.9 Å². The first-order chi connectivity index (χ1) is 10.8. The number of anilines is 2. The summed E-state index contributed by atoms with van der Waals surface area (Å²) < 4.78 is 0. The van der Waals surface area contributed by atoms with Crippen LogP contribution in [0, 0.1) is 0 Å². The highest BCUT2D eigenvalue weighted by Gasteiger charge is 1.99. The minimum atomic E-state index is 0.745. The minimum absolute atomic E-state index is 0.745. The lowest BCUT2D eigenvalue weighted by molar-refractivity contribution is 1.31. The molecule has 1 N–H and O–H groups in total. The Morgan fingerprint density at radius 3 is 2.36 bits per heavy atom. The third-order valence-corrected chi connectivity index (χ3v) is 3.47. The molecule has 1 aromatic heterocycles. The maximum absolute atomic E-state index is 5.90. The number of nitrogens with one attached hydrogen (secondary N) is 1. The third kappa shape index (κ3) is 3.74. The first-order valence-corrected chi connectivity index (χ1v) is 7.40. The quantitative estimate of drug-likeness (QED) is 0.630. The van der Waals surface area contributed by atoms with E-state index >= 15 is 0 Å². The van der Waals surface area contributed by atoms with Gasteiger partial charge >= 0.3 is 0 Å². The van der Waals surface area contributed by atoms with Gasteiger partial charge in [-0.15, -0.1) is 0 Å². The van der Waals surface area contributed by atoms with Gasteiger partial charge in [-0.3, -0.25) is 0 Å². The summed E-state index contributed by atoms with van der Waals surface area (Å²) in [4.78, 5) is 4.29. The summed E-state index contributed by atoms with van der Waals surface area (Å²) in [6, 6.07) is 21.7. The molecule has 0 saturated heterocycles. The van der Waals surface area contributed by atoms with Gasteiger partial charge in [0, 0.05) is 16.9 Å². The Kier molecular flexibility index (Phi) is 4.52. The molecule has 0 radical (unpaired) electrons. The van der Waals surface area contributed by atoms with Gasteiger partial charge in [-0.2, -0.15) is 0 Å². The highest BCUT2D eigenvalue weighted by atomic mass is 35.5. The number of aromatic nitrogens is 1. The van der Waals surface area contributed by atoms with Crippen molar-refractivity contribution < 1.29 is 0 Å². The lowest BCUT2D eigenvalue weighted by Gasteiger charge is -2.08. The Balaban J connectivity index is 1.83. The molecular formula is C19H15ClN2. The predicted octanol–water partition coefficient (Wildman–Crippen LogP) is 5.65. The second-order valence-corrected chi connectivity index (χ2v) is 5.25. The monoisotopic (exact) mass is 306 g/mol. The number of pyridine rings is 1. The van der Waals surface area contributed by atoms with Crippen molar-refractivity contribution in [3.05, 3.63) is 89.1 Å². The van der Waals surface area contributed by atoms with Crippen molar-refractivity contribution in [1.82, 2.24) is 4.98 Å². The molecule has 0 fully saturated rings. The van der Waals surface area contributed by atoms with Crippen molar-refractivity contribution in [2.24, 2.45) is 0 Å². The Morgan fingerprint density at radius 2 is 1.59 bits per heavy atom. The first-order valence-electron chi connectivity index (χ1n) is 7.02. The lowest BCUT2D eigenvalue weighted by Crippen LogP contribution is -1.94. The van der Waals surface area contributed by atoms with Crippen molar-refractivity contribution in [2.45, 2.75) is 0 Å². The highest BCUT2D eigenvalue weighted by molar-refractivity contribution is 6.30. The van der Waals surface area contributed by atoms with Crippen LogP contribution >= 0.6 is 11.6 Å². The summed E-state index contributed by atoms with van der Waals surface area (Å²) in [5, 5.41) is 4.08. The van der Waals surface area contributed by atoms with Crippen molar-refractivity contribution in [2.75, 3.05) is 5.32 Å². The van der Waals surface area contributed by atoms with Gasteiger partial charge in [-0.1, -0.05) is 60.2 Å². The van der Waals surface area contributed by atoms with E-state index in [0.717, 1.165) is 27.7 Å². The molecule has 22 heavy (non-hydrogen) atoms. The summed E-state index contributed by atoms with van der Waals surface area (Å²) in [5.41, 5.74) is 3.23. The molecule has 0 atom stereocenters. The van der Waals surface area contributed by atoms with Crippen LogP contribution < -0.4 is 5.32 Å². The molecular weight excluding hydrogens is 292 g/mol. The summed E-state index contributed by atoms with van der Waals surface area (Å²) >= 11 is 5.90. The van der Waals surface area contributed by atoms with Crippen molar-refractivity contribution in [3.63, 3.8) is 0 Å². The highest BCUT2D eigenvalue weighted by Crippen LogP contribution is 2.22. The molecule has 0 bridgehead atoms. The average molecular weight is 307 g/mol. The number of hydrogen-bond donors (Lipinski definition) is 1. The molecule has 0 aliphatic heterocycles. The molecule has 2 nitrogen and oxygen atoms in total. The molecule has 0 saturated carbocycles. The number of para-hydroxylation sites is 1. The van der Waals surface area contributed by atoms with Crippen LogP contribution in [0.5, 0.6) is 0 Å². The van der Waals surface area contributed by atoms with Gasteiger partial charge < -0.3 is 5.32 Å². The second-order valence-electron chi connectivity index (χ2n) is 4.81. The zero-order chi connectivity index (χ0) is 15.2. The first kappa shape index (κ1) is 14.4. The van der Waals surface area contributed by atoms with Crippen LogP contribution in [0.2, 0.25) is 5.02 Å². The Bertz CT molecular complexity index is 765. The maximum atomic E-state index is 5.90. The number of halogens is 1. The van der Waals surface area contributed by atoms with Crippen LogP contribution in [0.15, 0.2) is 72.9 Å². The van der Waals surface area contributed by atoms with E-state index < -0.39 is 0 Å². The molecule has 0 amide bonds. The Hall–Kier alpha value is -2.58. The summed E-state index contributed by atoms with van der Waals surface area (Å²) in [5.74, 6) is 0.829. The van der Waals surface area contributed by atoms with Crippen LogP contribution in [0.3, 0.4) is 0 Å². The SMILES string of the molecule is Clc1ccc(/C=C/c2ccccc2Nc2ccccn2)cc1. The second kappa shape index (κ2) is 6.92. The Labute approximate surface area is 135 Å². The zero-order valence-corrected chi connectivity index (χ0v) is 12.7. The molecule has 2 aromatic carbocycles. The van der Waals surface area contributed by atoms with Gasteiger partial charge in [0.1, 0.15) is 5.82 Å². The van der Waals surface area contributed by atoms with E-state index in [2.05, 4.69) is 28.5 Å². The molecule has 0 spiro atoms. The lowest BCUT2D eigenvalue weighted by atomic mass is 10.1. The van der Waals surface area contributed by atoms with Gasteiger partial charge in [-0.25, -0.2) is 4.98 Å². The molecule has 108 valence electrons. The average Bonchev–Trinajstić information content (AvgIpc) is 2.56. The van der Waals surface area contributed by atoms with Crippen LogP contribution in [0.1, 0.15) is 11.1 Å². The van der Waals surface area contributed by atoms with Gasteiger partial charge in [0.05, 0.1) is 0 Å². The fourth-order valence-corrected chi connectivity index (χ4v) is 2.22. The van der Waals surface area contributed by atoms with Crippen molar-refractivity contribution >= 4 is 35.3 Å². The van der Waals surface area contributed by atoms with Crippen LogP contribution in [0.25, 0.3) is 12.2 Å². The molecule has 0 aliphatic rings. The van der Waals surface area contributed by atoms with E-state index in [1.54, 1.807) is 6.20 Å². The van der Waals surface area contributed by atoms with Crippen LogP contribution in [-0.4, -0.2) is 4.98 Å². The Morgan fingerprint density at radius 1 is 0.818 bits per heavy atom. The predicted molar refractivity (Wildman–Crippen MR) is 94.3 cm³/mol. The van der Waals surface area contributed by atoms with E-state index in [9.17, 15) is 0 Å². The third-order valence-electron chi connectivity index (χ3n) is 3.21. The van der Waals surface area contributed by atoms with Gasteiger partial charge in [0.25, 0.3) is 0 Å². The molecule has 3 heteroatoms. The van der Waals surface area contributed by atoms with Crippen molar-refractivity contribution in [3.8, 4) is 0 Å². The number of benzene rings is 2. The number of nitrogens with zero attached hydrogens (tertiary/aromatic N) is 1. The summed E-state index contributed by atoms with van der Waals surface area (Å²) in [7, 11) is 0. The largest absolute Gasteiger partial charge is 0.340 e. The number of rotatable bonds is 4.